The largest absolute Gasteiger partial charge is 0.313 e. The lowest BCUT2D eigenvalue weighted by Gasteiger charge is -2.37. The van der Waals surface area contributed by atoms with E-state index < -0.39 is 0 Å². The fourth-order valence-corrected chi connectivity index (χ4v) is 3.38. The topological polar surface area (TPSA) is 15.3 Å². The van der Waals surface area contributed by atoms with E-state index in [1.54, 1.807) is 0 Å². The molecule has 104 valence electrons. The van der Waals surface area contributed by atoms with Crippen LogP contribution in [0.3, 0.4) is 0 Å². The number of hydrogen-bond donors (Lipinski definition) is 1. The van der Waals surface area contributed by atoms with Gasteiger partial charge in [0, 0.05) is 29.6 Å². The third kappa shape index (κ3) is 3.59. The van der Waals surface area contributed by atoms with Crippen molar-refractivity contribution in [3.63, 3.8) is 0 Å². The van der Waals surface area contributed by atoms with Crippen LogP contribution in [0, 0.1) is 0 Å². The van der Waals surface area contributed by atoms with Crippen LogP contribution in [-0.2, 0) is 0 Å². The van der Waals surface area contributed by atoms with Crippen LogP contribution in [0.1, 0.15) is 37.2 Å². The maximum atomic E-state index is 3.69. The molecule has 1 aromatic rings. The summed E-state index contributed by atoms with van der Waals surface area (Å²) in [5, 5.41) is 3.69. The Labute approximate surface area is 124 Å². The molecule has 0 amide bonds. The van der Waals surface area contributed by atoms with Crippen molar-refractivity contribution >= 4 is 15.9 Å². The van der Waals surface area contributed by atoms with E-state index in [2.05, 4.69) is 57.5 Å². The molecule has 0 aromatic heterocycles. The number of nitrogens with one attached hydrogen (secondary N) is 1. The van der Waals surface area contributed by atoms with Gasteiger partial charge in [0.25, 0.3) is 0 Å². The number of nitrogens with zero attached hydrogens (tertiary/aromatic N) is 1. The normalized spacial score (nSPS) is 26.5. The van der Waals surface area contributed by atoms with Crippen LogP contribution >= 0.6 is 15.9 Å². The molecule has 0 spiro atoms. The van der Waals surface area contributed by atoms with Crippen LogP contribution < -0.4 is 5.32 Å². The van der Waals surface area contributed by atoms with Gasteiger partial charge in [0.15, 0.2) is 0 Å². The van der Waals surface area contributed by atoms with E-state index in [1.807, 2.05) is 0 Å². The molecule has 3 heteroatoms. The molecule has 0 aliphatic heterocycles. The van der Waals surface area contributed by atoms with Gasteiger partial charge in [-0.05, 0) is 56.3 Å². The van der Waals surface area contributed by atoms with Gasteiger partial charge < -0.3 is 10.2 Å². The fourth-order valence-electron chi connectivity index (χ4n) is 2.96. The molecule has 2 saturated carbocycles. The molecule has 2 fully saturated rings. The van der Waals surface area contributed by atoms with Crippen molar-refractivity contribution < 1.29 is 0 Å². The molecule has 1 N–H and O–H groups in total. The van der Waals surface area contributed by atoms with Gasteiger partial charge in [-0.25, -0.2) is 0 Å². The summed E-state index contributed by atoms with van der Waals surface area (Å²) in [6, 6.07) is 10.4. The Hall–Kier alpha value is -0.380. The highest BCUT2D eigenvalue weighted by Gasteiger charge is 2.30. The maximum Gasteiger partial charge on any atom is 0.0178 e. The first-order chi connectivity index (χ1) is 9.22. The lowest BCUT2D eigenvalue weighted by atomic mass is 9.76. The van der Waals surface area contributed by atoms with Gasteiger partial charge in [-0.15, -0.1) is 0 Å². The van der Waals surface area contributed by atoms with Gasteiger partial charge in [-0.3, -0.25) is 0 Å². The van der Waals surface area contributed by atoms with E-state index in [-0.39, 0.29) is 0 Å². The quantitative estimate of drug-likeness (QED) is 0.863. The second-order valence-corrected chi connectivity index (χ2v) is 7.00. The molecular weight excluding hydrogens is 300 g/mol. The Bertz CT molecular complexity index is 425. The van der Waals surface area contributed by atoms with Gasteiger partial charge >= 0.3 is 0 Å². The van der Waals surface area contributed by atoms with E-state index in [0.29, 0.717) is 0 Å². The smallest absolute Gasteiger partial charge is 0.0178 e. The molecule has 0 heterocycles. The number of hydrogen-bond acceptors (Lipinski definition) is 2. The summed E-state index contributed by atoms with van der Waals surface area (Å²) in [7, 11) is 2.25. The van der Waals surface area contributed by atoms with Crippen molar-refractivity contribution in [3.05, 3.63) is 34.3 Å². The minimum absolute atomic E-state index is 0.733. The first-order valence-corrected chi connectivity index (χ1v) is 8.21. The van der Waals surface area contributed by atoms with E-state index in [4.69, 9.17) is 0 Å². The fraction of sp³-hybridized carbons (Fsp3) is 0.625. The lowest BCUT2D eigenvalue weighted by Crippen LogP contribution is -2.43. The van der Waals surface area contributed by atoms with Gasteiger partial charge in [0.05, 0.1) is 0 Å². The van der Waals surface area contributed by atoms with Crippen LogP contribution in [0.25, 0.3) is 0 Å². The summed E-state index contributed by atoms with van der Waals surface area (Å²) in [5.74, 6) is 0.760. The predicted octanol–water partition coefficient (Wildman–Crippen LogP) is 3.38. The first-order valence-electron chi connectivity index (χ1n) is 7.41. The van der Waals surface area contributed by atoms with E-state index in [9.17, 15) is 0 Å². The second kappa shape index (κ2) is 5.94. The molecule has 2 nitrogen and oxygen atoms in total. The minimum Gasteiger partial charge on any atom is -0.313 e. The Kier molecular flexibility index (Phi) is 4.25. The van der Waals surface area contributed by atoms with E-state index >= 15 is 0 Å². The van der Waals surface area contributed by atoms with Crippen molar-refractivity contribution in [2.45, 2.75) is 43.7 Å². The Morgan fingerprint density at radius 2 is 2.11 bits per heavy atom. The van der Waals surface area contributed by atoms with Crippen molar-refractivity contribution in [2.75, 3.05) is 20.1 Å². The number of halogens is 1. The van der Waals surface area contributed by atoms with Gasteiger partial charge in [0.2, 0.25) is 0 Å². The first kappa shape index (κ1) is 13.6. The molecule has 2 aliphatic carbocycles. The van der Waals surface area contributed by atoms with Crippen LogP contribution in [0.4, 0.5) is 0 Å². The summed E-state index contributed by atoms with van der Waals surface area (Å²) in [6.45, 7) is 2.34. The molecule has 0 unspecified atom stereocenters. The van der Waals surface area contributed by atoms with Crippen molar-refractivity contribution in [1.29, 1.82) is 0 Å². The van der Waals surface area contributed by atoms with E-state index in [0.717, 1.165) is 24.5 Å². The molecule has 1 aromatic carbocycles. The monoisotopic (exact) mass is 322 g/mol. The predicted molar refractivity (Wildman–Crippen MR) is 83.6 cm³/mol. The molecular formula is C16H23BrN2. The standard InChI is InChI=1S/C16H23BrN2/c1-19(16-5-6-16)8-7-18-15-10-13(11-15)12-3-2-4-14(17)9-12/h2-4,9,13,15-16,18H,5-8,10-11H2,1H3. The lowest BCUT2D eigenvalue weighted by molar-refractivity contribution is 0.262. The Balaban J connectivity index is 1.36. The molecule has 0 saturated heterocycles. The zero-order valence-electron chi connectivity index (χ0n) is 11.6. The Morgan fingerprint density at radius 3 is 2.79 bits per heavy atom. The third-order valence-corrected chi connectivity index (χ3v) is 5.02. The van der Waals surface area contributed by atoms with Crippen LogP contribution in [-0.4, -0.2) is 37.1 Å². The molecule has 0 radical (unpaired) electrons. The minimum atomic E-state index is 0.733. The summed E-state index contributed by atoms with van der Waals surface area (Å²) in [5.41, 5.74) is 1.49. The highest BCUT2D eigenvalue weighted by molar-refractivity contribution is 9.10. The average Bonchev–Trinajstić information content (AvgIpc) is 3.15. The third-order valence-electron chi connectivity index (χ3n) is 4.53. The van der Waals surface area contributed by atoms with Crippen molar-refractivity contribution in [2.24, 2.45) is 0 Å². The molecule has 0 bridgehead atoms. The van der Waals surface area contributed by atoms with Crippen molar-refractivity contribution in [3.8, 4) is 0 Å². The highest BCUT2D eigenvalue weighted by atomic mass is 79.9. The average molecular weight is 323 g/mol. The zero-order valence-corrected chi connectivity index (χ0v) is 13.2. The SMILES string of the molecule is CN(CCNC1CC(c2cccc(Br)c2)C1)C1CC1. The van der Waals surface area contributed by atoms with Crippen LogP contribution in [0.5, 0.6) is 0 Å². The van der Waals surface area contributed by atoms with Crippen LogP contribution in [0.2, 0.25) is 0 Å². The van der Waals surface area contributed by atoms with Gasteiger partial charge in [-0.2, -0.15) is 0 Å². The van der Waals surface area contributed by atoms with Gasteiger partial charge in [0.1, 0.15) is 0 Å². The summed E-state index contributed by atoms with van der Waals surface area (Å²) in [6.07, 6.45) is 5.41. The van der Waals surface area contributed by atoms with Crippen molar-refractivity contribution in [1.82, 2.24) is 10.2 Å². The summed E-state index contributed by atoms with van der Waals surface area (Å²) in [4.78, 5) is 2.50. The number of likely N-dealkylation sites (N-methyl/N-ethyl adjacent to an activating group) is 1. The van der Waals surface area contributed by atoms with Crippen LogP contribution in [0.15, 0.2) is 28.7 Å². The Morgan fingerprint density at radius 1 is 1.32 bits per heavy atom. The maximum absolute atomic E-state index is 3.69. The molecule has 2 aliphatic rings. The van der Waals surface area contributed by atoms with Gasteiger partial charge in [-0.1, -0.05) is 28.1 Å². The molecule has 19 heavy (non-hydrogen) atoms. The number of rotatable bonds is 6. The number of benzene rings is 1. The zero-order chi connectivity index (χ0) is 13.2. The highest BCUT2D eigenvalue weighted by Crippen LogP contribution is 2.37. The van der Waals surface area contributed by atoms with E-state index in [1.165, 1.54) is 42.3 Å². The summed E-state index contributed by atoms with van der Waals surface area (Å²) >= 11 is 3.55. The second-order valence-electron chi connectivity index (χ2n) is 6.09. The molecule has 3 rings (SSSR count). The molecule has 0 atom stereocenters. The summed E-state index contributed by atoms with van der Waals surface area (Å²) < 4.78 is 1.20.